The molecule has 3 aromatic heterocycles. The molecule has 0 aliphatic carbocycles. The van der Waals surface area contributed by atoms with Gasteiger partial charge >= 0.3 is 0 Å². The number of nitriles is 1. The van der Waals surface area contributed by atoms with Gasteiger partial charge in [-0.25, -0.2) is 18.0 Å². The number of benzene rings is 2. The Bertz CT molecular complexity index is 1790. The van der Waals surface area contributed by atoms with Crippen molar-refractivity contribution in [3.05, 3.63) is 72.6 Å². The number of aromatic nitrogens is 4. The molecule has 12 heteroatoms. The van der Waals surface area contributed by atoms with Crippen molar-refractivity contribution in [1.29, 1.82) is 5.26 Å². The number of sulfonamides is 1. The Balaban J connectivity index is 1.34. The normalized spacial score (nSPS) is 14.7. The van der Waals surface area contributed by atoms with E-state index in [1.54, 1.807) is 30.6 Å². The molecular formula is C26H21N7O3S2. The second kappa shape index (κ2) is 10.0. The van der Waals surface area contributed by atoms with Crippen LogP contribution in [-0.2, 0) is 16.4 Å². The van der Waals surface area contributed by atoms with Crippen LogP contribution in [0.3, 0.4) is 0 Å². The van der Waals surface area contributed by atoms with E-state index in [1.165, 1.54) is 16.1 Å². The summed E-state index contributed by atoms with van der Waals surface area (Å²) in [4.78, 5) is 12.4. The summed E-state index contributed by atoms with van der Waals surface area (Å²) < 4.78 is 34.6. The van der Waals surface area contributed by atoms with Crippen LogP contribution in [0.4, 0.5) is 5.82 Å². The summed E-state index contributed by atoms with van der Waals surface area (Å²) in [7, 11) is -3.96. The molecule has 0 atom stereocenters. The highest BCUT2D eigenvalue weighted by molar-refractivity contribution is 8.00. The first-order valence-electron chi connectivity index (χ1n) is 11.9. The van der Waals surface area contributed by atoms with Crippen LogP contribution in [0.5, 0.6) is 0 Å². The first kappa shape index (κ1) is 24.3. The van der Waals surface area contributed by atoms with Crippen LogP contribution < -0.4 is 4.90 Å². The van der Waals surface area contributed by atoms with Gasteiger partial charge < -0.3 is 4.90 Å². The molecule has 1 fully saturated rings. The van der Waals surface area contributed by atoms with E-state index in [-0.39, 0.29) is 29.9 Å². The van der Waals surface area contributed by atoms with Crippen molar-refractivity contribution < 1.29 is 13.0 Å². The zero-order chi connectivity index (χ0) is 26.1. The highest BCUT2D eigenvalue weighted by Crippen LogP contribution is 2.40. The largest absolute Gasteiger partial charge is 0.354 e. The summed E-state index contributed by atoms with van der Waals surface area (Å²) in [5, 5.41) is 18.0. The Morgan fingerprint density at radius 3 is 2.53 bits per heavy atom. The Morgan fingerprint density at radius 2 is 1.68 bits per heavy atom. The second-order valence-corrected chi connectivity index (χ2v) is 11.6. The number of fused-ring (bicyclic) bond motifs is 2. The molecule has 0 N–H and O–H groups in total. The van der Waals surface area contributed by atoms with Gasteiger partial charge in [0.05, 0.1) is 18.0 Å². The first-order chi connectivity index (χ1) is 18.6. The molecule has 1 saturated heterocycles. The predicted octanol–water partition coefficient (Wildman–Crippen LogP) is 3.89. The maximum absolute atomic E-state index is 14.1. The van der Waals surface area contributed by atoms with Gasteiger partial charge in [-0.15, -0.1) is 0 Å². The molecule has 0 unspecified atom stereocenters. The lowest BCUT2D eigenvalue weighted by Gasteiger charge is -2.35. The fourth-order valence-corrected chi connectivity index (χ4v) is 7.65. The van der Waals surface area contributed by atoms with Crippen molar-refractivity contribution in [2.75, 3.05) is 31.1 Å². The number of piperazine rings is 1. The van der Waals surface area contributed by atoms with Gasteiger partial charge in [0.25, 0.3) is 0 Å². The van der Waals surface area contributed by atoms with E-state index in [2.05, 4.69) is 26.4 Å². The SMILES string of the molecule is N#CCc1cccnc1N1CCN(S(=O)(=O)c2c(Sc3cccc4cccnc34)ccc3nonc23)CC1. The zero-order valence-corrected chi connectivity index (χ0v) is 21.7. The van der Waals surface area contributed by atoms with Crippen LogP contribution in [0, 0.1) is 11.3 Å². The van der Waals surface area contributed by atoms with Crippen molar-refractivity contribution in [3.63, 3.8) is 0 Å². The number of rotatable bonds is 6. The standard InChI is InChI=1S/C26H21N7O3S2/c27-11-10-19-6-3-13-29-26(19)32-14-16-33(17-15-32)38(34,35)25-22(9-8-20-24(25)31-36-30-20)37-21-7-1-4-18-5-2-12-28-23(18)21/h1-9,12-13H,10,14-17H2. The van der Waals surface area contributed by atoms with E-state index in [9.17, 15) is 8.42 Å². The quantitative estimate of drug-likeness (QED) is 0.311. The molecule has 6 rings (SSSR count). The Labute approximate surface area is 222 Å². The van der Waals surface area contributed by atoms with E-state index in [0.717, 1.165) is 21.4 Å². The highest BCUT2D eigenvalue weighted by Gasteiger charge is 2.34. The lowest BCUT2D eigenvalue weighted by Crippen LogP contribution is -2.49. The van der Waals surface area contributed by atoms with Crippen LogP contribution in [0.15, 0.2) is 86.3 Å². The Morgan fingerprint density at radius 1 is 0.895 bits per heavy atom. The summed E-state index contributed by atoms with van der Waals surface area (Å²) in [5.41, 5.74) is 2.19. The minimum atomic E-state index is -3.96. The van der Waals surface area contributed by atoms with Gasteiger partial charge in [-0.2, -0.15) is 9.57 Å². The average molecular weight is 544 g/mol. The monoisotopic (exact) mass is 543 g/mol. The zero-order valence-electron chi connectivity index (χ0n) is 20.1. The number of hydrogen-bond acceptors (Lipinski definition) is 10. The fourth-order valence-electron chi connectivity index (χ4n) is 4.62. The van der Waals surface area contributed by atoms with Crippen LogP contribution in [0.25, 0.3) is 21.9 Å². The van der Waals surface area contributed by atoms with Crippen molar-refractivity contribution in [3.8, 4) is 6.07 Å². The number of anilines is 1. The number of nitrogens with zero attached hydrogens (tertiary/aromatic N) is 7. The molecular weight excluding hydrogens is 522 g/mol. The molecule has 1 aliphatic rings. The lowest BCUT2D eigenvalue weighted by molar-refractivity contribution is 0.314. The Kier molecular flexibility index (Phi) is 6.40. The van der Waals surface area contributed by atoms with Crippen LogP contribution >= 0.6 is 11.8 Å². The molecule has 0 saturated carbocycles. The Hall–Kier alpha value is -4.05. The van der Waals surface area contributed by atoms with E-state index in [4.69, 9.17) is 9.89 Å². The fraction of sp³-hybridized carbons (Fsp3) is 0.192. The van der Waals surface area contributed by atoms with Gasteiger partial charge in [-0.1, -0.05) is 36.0 Å². The third-order valence-corrected chi connectivity index (χ3v) is 9.65. The molecule has 0 radical (unpaired) electrons. The van der Waals surface area contributed by atoms with Gasteiger partial charge in [-0.05, 0) is 40.6 Å². The molecule has 190 valence electrons. The van der Waals surface area contributed by atoms with Crippen molar-refractivity contribution in [2.24, 2.45) is 0 Å². The predicted molar refractivity (Wildman–Crippen MR) is 142 cm³/mol. The van der Waals surface area contributed by atoms with Crippen molar-refractivity contribution in [1.82, 2.24) is 24.6 Å². The van der Waals surface area contributed by atoms with Gasteiger partial charge in [0, 0.05) is 59.3 Å². The second-order valence-electron chi connectivity index (χ2n) is 8.67. The molecule has 5 aromatic rings. The summed E-state index contributed by atoms with van der Waals surface area (Å²) in [6.45, 7) is 1.40. The minimum absolute atomic E-state index is 0.0747. The molecule has 1 aliphatic heterocycles. The third-order valence-electron chi connectivity index (χ3n) is 6.43. The van der Waals surface area contributed by atoms with E-state index >= 15 is 0 Å². The molecule has 0 amide bonds. The minimum Gasteiger partial charge on any atom is -0.354 e. The topological polar surface area (TPSA) is 129 Å². The lowest BCUT2D eigenvalue weighted by atomic mass is 10.2. The van der Waals surface area contributed by atoms with E-state index < -0.39 is 10.0 Å². The number of para-hydroxylation sites is 1. The van der Waals surface area contributed by atoms with Crippen LogP contribution in [0.2, 0.25) is 0 Å². The maximum Gasteiger partial charge on any atom is 0.246 e. The number of pyridine rings is 2. The molecule has 10 nitrogen and oxygen atoms in total. The first-order valence-corrected chi connectivity index (χ1v) is 14.1. The molecule has 4 heterocycles. The summed E-state index contributed by atoms with van der Waals surface area (Å²) >= 11 is 1.33. The van der Waals surface area contributed by atoms with Gasteiger partial charge in [0.15, 0.2) is 5.52 Å². The van der Waals surface area contributed by atoms with Gasteiger partial charge in [0.1, 0.15) is 16.2 Å². The smallest absolute Gasteiger partial charge is 0.246 e. The van der Waals surface area contributed by atoms with Gasteiger partial charge in [0.2, 0.25) is 10.0 Å². The molecule has 0 bridgehead atoms. The maximum atomic E-state index is 14.1. The van der Waals surface area contributed by atoms with E-state index in [1.807, 2.05) is 41.3 Å². The van der Waals surface area contributed by atoms with Crippen LogP contribution in [-0.4, -0.2) is 59.2 Å². The van der Waals surface area contributed by atoms with Crippen molar-refractivity contribution >= 4 is 49.5 Å². The average Bonchev–Trinajstić information content (AvgIpc) is 3.42. The van der Waals surface area contributed by atoms with Gasteiger partial charge in [-0.3, -0.25) is 4.98 Å². The third kappa shape index (κ3) is 4.34. The highest BCUT2D eigenvalue weighted by atomic mass is 32.2. The summed E-state index contributed by atoms with van der Waals surface area (Å²) in [6, 6.07) is 18.9. The summed E-state index contributed by atoms with van der Waals surface area (Å²) in [5.74, 6) is 0.716. The molecule has 2 aromatic carbocycles. The molecule has 0 spiro atoms. The van der Waals surface area contributed by atoms with E-state index in [0.29, 0.717) is 29.3 Å². The number of hydrogen-bond donors (Lipinski definition) is 0. The van der Waals surface area contributed by atoms with Crippen LogP contribution in [0.1, 0.15) is 5.56 Å². The van der Waals surface area contributed by atoms with Crippen molar-refractivity contribution in [2.45, 2.75) is 21.1 Å². The summed E-state index contributed by atoms with van der Waals surface area (Å²) in [6.07, 6.45) is 3.65. The molecule has 38 heavy (non-hydrogen) atoms.